The minimum Gasteiger partial charge on any atom is -0.389 e. The zero-order valence-electron chi connectivity index (χ0n) is 10.0. The first kappa shape index (κ1) is 13.5. The molecule has 0 bridgehead atoms. The summed E-state index contributed by atoms with van der Waals surface area (Å²) in [5.41, 5.74) is 0.689. The van der Waals surface area contributed by atoms with Crippen LogP contribution in [0.25, 0.3) is 0 Å². The van der Waals surface area contributed by atoms with Crippen LogP contribution in [0.2, 0.25) is 0 Å². The highest BCUT2D eigenvalue weighted by Gasteiger charge is 2.12. The largest absolute Gasteiger partial charge is 0.389 e. The Morgan fingerprint density at radius 2 is 2.00 bits per heavy atom. The van der Waals surface area contributed by atoms with Crippen LogP contribution in [0, 0.1) is 11.7 Å². The Labute approximate surface area is 101 Å². The predicted molar refractivity (Wildman–Crippen MR) is 67.2 cm³/mol. The van der Waals surface area contributed by atoms with Crippen LogP contribution in [0.15, 0.2) is 23.1 Å². The molecule has 0 radical (unpaired) electrons. The number of hydrogen-bond acceptors (Lipinski definition) is 2. The first-order chi connectivity index (χ1) is 7.52. The number of hydrogen-bond donors (Lipinski definition) is 1. The van der Waals surface area contributed by atoms with E-state index in [1.54, 1.807) is 19.1 Å². The summed E-state index contributed by atoms with van der Waals surface area (Å²) in [6.07, 6.45) is 0.440. The van der Waals surface area contributed by atoms with Crippen molar-refractivity contribution in [2.75, 3.05) is 5.75 Å². The van der Waals surface area contributed by atoms with E-state index in [9.17, 15) is 9.50 Å². The summed E-state index contributed by atoms with van der Waals surface area (Å²) in [6, 6.07) is 4.87. The van der Waals surface area contributed by atoms with Gasteiger partial charge < -0.3 is 5.11 Å². The lowest BCUT2D eigenvalue weighted by Crippen LogP contribution is -1.98. The number of aliphatic hydroxyl groups excluding tert-OH is 1. The predicted octanol–water partition coefficient (Wildman–Crippen LogP) is 4.02. The second-order valence-corrected chi connectivity index (χ2v) is 5.47. The number of aliphatic hydroxyl groups is 1. The van der Waals surface area contributed by atoms with Crippen molar-refractivity contribution in [3.05, 3.63) is 29.6 Å². The zero-order chi connectivity index (χ0) is 12.1. The van der Waals surface area contributed by atoms with Gasteiger partial charge in [-0.3, -0.25) is 0 Å². The van der Waals surface area contributed by atoms with Gasteiger partial charge in [0.25, 0.3) is 0 Å². The molecule has 0 aliphatic heterocycles. The molecule has 0 saturated heterocycles. The van der Waals surface area contributed by atoms with Crippen molar-refractivity contribution in [3.8, 4) is 0 Å². The quantitative estimate of drug-likeness (QED) is 0.787. The molecule has 0 fully saturated rings. The van der Waals surface area contributed by atoms with Gasteiger partial charge in [0.05, 0.1) is 6.10 Å². The van der Waals surface area contributed by atoms with Crippen LogP contribution < -0.4 is 0 Å². The van der Waals surface area contributed by atoms with Gasteiger partial charge in [0.1, 0.15) is 5.82 Å². The summed E-state index contributed by atoms with van der Waals surface area (Å²) in [6.45, 7) is 5.97. The van der Waals surface area contributed by atoms with E-state index in [1.807, 2.05) is 0 Å². The normalized spacial score (nSPS) is 13.1. The highest BCUT2D eigenvalue weighted by molar-refractivity contribution is 7.99. The van der Waals surface area contributed by atoms with Crippen molar-refractivity contribution in [3.63, 3.8) is 0 Å². The van der Waals surface area contributed by atoms with E-state index in [1.165, 1.54) is 17.8 Å². The average molecular weight is 242 g/mol. The van der Waals surface area contributed by atoms with Gasteiger partial charge in [-0.2, -0.15) is 0 Å². The molecule has 0 aliphatic rings. The van der Waals surface area contributed by atoms with Crippen LogP contribution in [0.5, 0.6) is 0 Å². The fraction of sp³-hybridized carbons (Fsp3) is 0.538. The summed E-state index contributed by atoms with van der Waals surface area (Å²) in [5.74, 6) is 1.28. The molecule has 1 rings (SSSR count). The maximum atomic E-state index is 13.6. The number of thioether (sulfide) groups is 1. The lowest BCUT2D eigenvalue weighted by Gasteiger charge is -2.12. The van der Waals surface area contributed by atoms with Gasteiger partial charge in [0.2, 0.25) is 0 Å². The highest BCUT2D eigenvalue weighted by Crippen LogP contribution is 2.31. The maximum absolute atomic E-state index is 13.6. The van der Waals surface area contributed by atoms with Crippen molar-refractivity contribution in [2.45, 2.75) is 38.2 Å². The maximum Gasteiger partial charge on any atom is 0.137 e. The van der Waals surface area contributed by atoms with E-state index in [0.717, 1.165) is 12.2 Å². The van der Waals surface area contributed by atoms with Crippen LogP contribution in [0.3, 0.4) is 0 Å². The van der Waals surface area contributed by atoms with Crippen molar-refractivity contribution < 1.29 is 9.50 Å². The third kappa shape index (κ3) is 3.80. The van der Waals surface area contributed by atoms with E-state index in [0.29, 0.717) is 16.4 Å². The van der Waals surface area contributed by atoms with Crippen LogP contribution in [-0.2, 0) is 0 Å². The fourth-order valence-electron chi connectivity index (χ4n) is 1.40. The van der Waals surface area contributed by atoms with Crippen molar-refractivity contribution >= 4 is 11.8 Å². The molecule has 1 nitrogen and oxygen atoms in total. The number of benzene rings is 1. The Kier molecular flexibility index (Phi) is 5.29. The van der Waals surface area contributed by atoms with E-state index in [4.69, 9.17) is 0 Å². The molecule has 16 heavy (non-hydrogen) atoms. The molecule has 90 valence electrons. The van der Waals surface area contributed by atoms with Gasteiger partial charge >= 0.3 is 0 Å². The topological polar surface area (TPSA) is 20.2 Å². The van der Waals surface area contributed by atoms with Gasteiger partial charge in [-0.25, -0.2) is 4.39 Å². The number of halogens is 1. The van der Waals surface area contributed by atoms with Gasteiger partial charge in [0, 0.05) is 4.90 Å². The Bertz CT molecular complexity index is 337. The second kappa shape index (κ2) is 6.26. The highest BCUT2D eigenvalue weighted by atomic mass is 32.2. The zero-order valence-corrected chi connectivity index (χ0v) is 10.9. The van der Waals surface area contributed by atoms with E-state index < -0.39 is 6.10 Å². The molecule has 0 amide bonds. The molecule has 0 aromatic heterocycles. The Morgan fingerprint density at radius 1 is 1.31 bits per heavy atom. The van der Waals surface area contributed by atoms with Crippen LogP contribution in [0.1, 0.15) is 38.9 Å². The van der Waals surface area contributed by atoms with Crippen LogP contribution in [0.4, 0.5) is 4.39 Å². The molecular weight excluding hydrogens is 223 g/mol. The third-order valence-corrected chi connectivity index (χ3v) is 3.55. The Morgan fingerprint density at radius 3 is 2.56 bits per heavy atom. The minimum atomic E-state index is -0.614. The lowest BCUT2D eigenvalue weighted by molar-refractivity contribution is 0.195. The van der Waals surface area contributed by atoms with Crippen molar-refractivity contribution in [1.82, 2.24) is 0 Å². The minimum absolute atomic E-state index is 0.229. The molecule has 1 N–H and O–H groups in total. The van der Waals surface area contributed by atoms with Gasteiger partial charge in [-0.15, -0.1) is 11.8 Å². The standard InChI is InChI=1S/C13H19FOS/c1-9(2)7-8-16-13-11(10(3)15)5-4-6-12(13)14/h4-6,9-10,15H,7-8H2,1-3H3/t10-/m1/s1. The van der Waals surface area contributed by atoms with E-state index in [2.05, 4.69) is 13.8 Å². The summed E-state index contributed by atoms with van der Waals surface area (Å²) >= 11 is 1.50. The van der Waals surface area contributed by atoms with E-state index in [-0.39, 0.29) is 5.82 Å². The molecule has 3 heteroatoms. The van der Waals surface area contributed by atoms with Gasteiger partial charge in [0.15, 0.2) is 0 Å². The third-order valence-electron chi connectivity index (χ3n) is 2.39. The Balaban J connectivity index is 2.76. The molecule has 0 spiro atoms. The van der Waals surface area contributed by atoms with Crippen molar-refractivity contribution in [2.24, 2.45) is 5.92 Å². The van der Waals surface area contributed by atoms with Gasteiger partial charge in [-0.05, 0) is 36.6 Å². The Hall–Kier alpha value is -0.540. The first-order valence-corrected chi connectivity index (χ1v) is 6.60. The van der Waals surface area contributed by atoms with E-state index >= 15 is 0 Å². The van der Waals surface area contributed by atoms with Crippen molar-refractivity contribution in [1.29, 1.82) is 0 Å². The summed E-state index contributed by atoms with van der Waals surface area (Å²) in [7, 11) is 0. The smallest absolute Gasteiger partial charge is 0.137 e. The average Bonchev–Trinajstić information content (AvgIpc) is 2.19. The van der Waals surface area contributed by atoms with Crippen LogP contribution in [-0.4, -0.2) is 10.9 Å². The molecular formula is C13H19FOS. The lowest BCUT2D eigenvalue weighted by atomic mass is 10.1. The second-order valence-electron chi connectivity index (χ2n) is 4.37. The molecule has 1 aromatic carbocycles. The molecule has 1 atom stereocenters. The SMILES string of the molecule is CC(C)CCSc1c(F)cccc1[C@@H](C)O. The summed E-state index contributed by atoms with van der Waals surface area (Å²) in [5, 5.41) is 9.56. The summed E-state index contributed by atoms with van der Waals surface area (Å²) in [4.78, 5) is 0.596. The molecule has 0 heterocycles. The summed E-state index contributed by atoms with van der Waals surface area (Å²) < 4.78 is 13.6. The molecule has 0 unspecified atom stereocenters. The molecule has 0 saturated carbocycles. The fourth-order valence-corrected chi connectivity index (χ4v) is 2.81. The first-order valence-electron chi connectivity index (χ1n) is 5.61. The van der Waals surface area contributed by atoms with Crippen LogP contribution >= 0.6 is 11.8 Å². The number of rotatable bonds is 5. The van der Waals surface area contributed by atoms with Gasteiger partial charge in [-0.1, -0.05) is 26.0 Å². The molecule has 0 aliphatic carbocycles. The molecule has 1 aromatic rings. The monoisotopic (exact) mass is 242 g/mol.